The molecule has 1 atom stereocenters. The number of benzene rings is 2. The smallest absolute Gasteiger partial charge is 0.314 e. The van der Waals surface area contributed by atoms with Crippen LogP contribution in [0.2, 0.25) is 0 Å². The molecule has 0 aromatic heterocycles. The van der Waals surface area contributed by atoms with E-state index >= 15 is 0 Å². The number of amides is 2. The van der Waals surface area contributed by atoms with Crippen LogP contribution in [0.5, 0.6) is 5.75 Å². The van der Waals surface area contributed by atoms with Gasteiger partial charge in [0.05, 0.1) is 11.8 Å². The highest BCUT2D eigenvalue weighted by molar-refractivity contribution is 6.43. The highest BCUT2D eigenvalue weighted by atomic mass is 16.5. The van der Waals surface area contributed by atoms with Crippen molar-refractivity contribution in [1.82, 2.24) is 0 Å². The molecule has 2 aromatic carbocycles. The third kappa shape index (κ3) is 4.23. The lowest BCUT2D eigenvalue weighted by Gasteiger charge is -2.16. The lowest BCUT2D eigenvalue weighted by Crippen LogP contribution is -2.29. The largest absolute Gasteiger partial charge is 0.489 e. The summed E-state index contributed by atoms with van der Waals surface area (Å²) in [7, 11) is 0. The van der Waals surface area contributed by atoms with Crippen LogP contribution < -0.4 is 15.4 Å². The number of para-hydroxylation sites is 2. The van der Waals surface area contributed by atoms with E-state index < -0.39 is 11.8 Å². The number of carbonyl (C=O) groups excluding carboxylic acids is 2. The lowest BCUT2D eigenvalue weighted by molar-refractivity contribution is -0.133. The first-order valence-electron chi connectivity index (χ1n) is 9.06. The Balaban J connectivity index is 1.65. The number of nitrogens with one attached hydrogen (secondary N) is 2. The number of rotatable bonds is 5. The van der Waals surface area contributed by atoms with Gasteiger partial charge in [0.2, 0.25) is 0 Å². The first kappa shape index (κ1) is 18.0. The molecule has 136 valence electrons. The van der Waals surface area contributed by atoms with Gasteiger partial charge in [-0.05, 0) is 68.0 Å². The summed E-state index contributed by atoms with van der Waals surface area (Å²) in [6.45, 7) is 3.98. The van der Waals surface area contributed by atoms with E-state index in [1.807, 2.05) is 38.1 Å². The Kier molecular flexibility index (Phi) is 5.56. The third-order valence-electron chi connectivity index (χ3n) is 4.60. The van der Waals surface area contributed by atoms with Crippen molar-refractivity contribution in [3.63, 3.8) is 0 Å². The zero-order valence-corrected chi connectivity index (χ0v) is 15.2. The van der Waals surface area contributed by atoms with Crippen LogP contribution >= 0.6 is 0 Å². The van der Waals surface area contributed by atoms with Gasteiger partial charge in [-0.1, -0.05) is 25.1 Å². The van der Waals surface area contributed by atoms with Crippen molar-refractivity contribution in [2.75, 3.05) is 10.6 Å². The Labute approximate surface area is 153 Å². The quantitative estimate of drug-likeness (QED) is 0.801. The summed E-state index contributed by atoms with van der Waals surface area (Å²) in [4.78, 5) is 24.5. The Morgan fingerprint density at radius 2 is 1.77 bits per heavy atom. The average molecular weight is 352 g/mol. The average Bonchev–Trinajstić information content (AvgIpc) is 3.10. The van der Waals surface area contributed by atoms with E-state index in [-0.39, 0.29) is 6.10 Å². The van der Waals surface area contributed by atoms with Crippen LogP contribution in [0.4, 0.5) is 11.4 Å². The van der Waals surface area contributed by atoms with Gasteiger partial charge in [0.25, 0.3) is 0 Å². The summed E-state index contributed by atoms with van der Waals surface area (Å²) in [5.41, 5.74) is 3.70. The number of ether oxygens (including phenoxy) is 1. The monoisotopic (exact) mass is 352 g/mol. The van der Waals surface area contributed by atoms with Crippen molar-refractivity contribution in [2.24, 2.45) is 0 Å². The van der Waals surface area contributed by atoms with Gasteiger partial charge in [0, 0.05) is 5.69 Å². The molecule has 0 saturated carbocycles. The van der Waals surface area contributed by atoms with Gasteiger partial charge in [-0.2, -0.15) is 0 Å². The second-order valence-electron chi connectivity index (χ2n) is 6.58. The van der Waals surface area contributed by atoms with Crippen LogP contribution in [0.3, 0.4) is 0 Å². The van der Waals surface area contributed by atoms with Crippen molar-refractivity contribution in [3.05, 3.63) is 53.6 Å². The van der Waals surface area contributed by atoms with Crippen LogP contribution in [0.15, 0.2) is 42.5 Å². The van der Waals surface area contributed by atoms with Gasteiger partial charge in [0.1, 0.15) is 5.75 Å². The molecule has 0 fully saturated rings. The molecule has 26 heavy (non-hydrogen) atoms. The minimum atomic E-state index is -0.717. The zero-order valence-electron chi connectivity index (χ0n) is 15.2. The molecule has 0 bridgehead atoms. The molecule has 2 amide bonds. The van der Waals surface area contributed by atoms with Crippen LogP contribution in [0.1, 0.15) is 37.8 Å². The van der Waals surface area contributed by atoms with E-state index in [1.54, 1.807) is 18.2 Å². The Morgan fingerprint density at radius 3 is 2.58 bits per heavy atom. The van der Waals surface area contributed by atoms with Gasteiger partial charge in [-0.15, -0.1) is 0 Å². The van der Waals surface area contributed by atoms with Gasteiger partial charge < -0.3 is 15.4 Å². The molecule has 0 saturated heterocycles. The van der Waals surface area contributed by atoms with E-state index in [2.05, 4.69) is 10.6 Å². The van der Waals surface area contributed by atoms with Crippen molar-refractivity contribution in [1.29, 1.82) is 0 Å². The van der Waals surface area contributed by atoms with Crippen molar-refractivity contribution in [2.45, 2.75) is 45.6 Å². The number of aryl methyl sites for hydroxylation is 2. The second kappa shape index (κ2) is 8.04. The van der Waals surface area contributed by atoms with E-state index in [1.165, 1.54) is 11.1 Å². The van der Waals surface area contributed by atoms with Gasteiger partial charge in [-0.3, -0.25) is 9.59 Å². The van der Waals surface area contributed by atoms with Crippen molar-refractivity contribution in [3.8, 4) is 5.75 Å². The molecule has 1 aliphatic rings. The number of anilines is 2. The maximum Gasteiger partial charge on any atom is 0.314 e. The molecule has 0 heterocycles. The first-order chi connectivity index (χ1) is 12.6. The fourth-order valence-corrected chi connectivity index (χ4v) is 2.99. The summed E-state index contributed by atoms with van der Waals surface area (Å²) in [6.07, 6.45) is 4.11. The Morgan fingerprint density at radius 1 is 1.04 bits per heavy atom. The summed E-state index contributed by atoms with van der Waals surface area (Å²) >= 11 is 0. The second-order valence-corrected chi connectivity index (χ2v) is 6.58. The molecule has 1 unspecified atom stereocenters. The maximum absolute atomic E-state index is 12.3. The van der Waals surface area contributed by atoms with Crippen LogP contribution in [0, 0.1) is 0 Å². The SMILES string of the molecule is CCC(C)Oc1ccccc1NC(=O)C(=O)Nc1ccc2c(c1)CCC2. The number of carbonyl (C=O) groups is 2. The molecule has 0 aliphatic heterocycles. The minimum Gasteiger partial charge on any atom is -0.489 e. The van der Waals surface area contributed by atoms with E-state index in [9.17, 15) is 9.59 Å². The summed E-state index contributed by atoms with van der Waals surface area (Å²) in [6, 6.07) is 12.9. The molecule has 2 aromatic rings. The molecule has 1 aliphatic carbocycles. The molecule has 2 N–H and O–H groups in total. The van der Waals surface area contributed by atoms with E-state index in [0.29, 0.717) is 17.1 Å². The standard InChI is InChI=1S/C21H24N2O3/c1-3-14(2)26-19-10-5-4-9-18(19)23-21(25)20(24)22-17-12-11-15-7-6-8-16(15)13-17/h4-5,9-14H,3,6-8H2,1-2H3,(H,22,24)(H,23,25). The fraction of sp³-hybridized carbons (Fsp3) is 0.333. The number of fused-ring (bicyclic) bond motifs is 1. The number of hydrogen-bond donors (Lipinski definition) is 2. The normalized spacial score (nSPS) is 13.6. The maximum atomic E-state index is 12.3. The molecule has 5 nitrogen and oxygen atoms in total. The molecular weight excluding hydrogens is 328 g/mol. The predicted molar refractivity (Wildman–Crippen MR) is 103 cm³/mol. The highest BCUT2D eigenvalue weighted by Crippen LogP contribution is 2.26. The summed E-state index contributed by atoms with van der Waals surface area (Å²) < 4.78 is 5.80. The van der Waals surface area contributed by atoms with Gasteiger partial charge >= 0.3 is 11.8 Å². The van der Waals surface area contributed by atoms with Crippen LogP contribution in [-0.2, 0) is 22.4 Å². The van der Waals surface area contributed by atoms with Crippen LogP contribution in [-0.4, -0.2) is 17.9 Å². The molecule has 0 radical (unpaired) electrons. The summed E-state index contributed by atoms with van der Waals surface area (Å²) in [5, 5.41) is 5.31. The van der Waals surface area contributed by atoms with Crippen LogP contribution in [0.25, 0.3) is 0 Å². The highest BCUT2D eigenvalue weighted by Gasteiger charge is 2.18. The molecular formula is C21H24N2O3. The lowest BCUT2D eigenvalue weighted by atomic mass is 10.1. The molecule has 0 spiro atoms. The Bertz CT molecular complexity index is 817. The van der Waals surface area contributed by atoms with Crippen molar-refractivity contribution < 1.29 is 14.3 Å². The topological polar surface area (TPSA) is 67.4 Å². The predicted octanol–water partition coefficient (Wildman–Crippen LogP) is 3.93. The van der Waals surface area contributed by atoms with E-state index in [0.717, 1.165) is 25.7 Å². The van der Waals surface area contributed by atoms with E-state index in [4.69, 9.17) is 4.74 Å². The summed E-state index contributed by atoms with van der Waals surface area (Å²) in [5.74, 6) is -0.854. The molecule has 3 rings (SSSR count). The molecule has 5 heteroatoms. The minimum absolute atomic E-state index is 0.0216. The van der Waals surface area contributed by atoms with Gasteiger partial charge in [0.15, 0.2) is 0 Å². The fourth-order valence-electron chi connectivity index (χ4n) is 2.99. The van der Waals surface area contributed by atoms with Gasteiger partial charge in [-0.25, -0.2) is 0 Å². The Hall–Kier alpha value is -2.82. The third-order valence-corrected chi connectivity index (χ3v) is 4.60. The zero-order chi connectivity index (χ0) is 18.5. The first-order valence-corrected chi connectivity index (χ1v) is 9.06. The number of hydrogen-bond acceptors (Lipinski definition) is 3. The van der Waals surface area contributed by atoms with Crippen molar-refractivity contribution >= 4 is 23.2 Å².